The molecule has 0 atom stereocenters. The second-order valence-corrected chi connectivity index (χ2v) is 6.12. The number of hydrogen-bond acceptors (Lipinski definition) is 4. The highest BCUT2D eigenvalue weighted by Gasteiger charge is 2.26. The molecule has 0 bridgehead atoms. The average Bonchev–Trinajstić information content (AvgIpc) is 2.96. The van der Waals surface area contributed by atoms with Crippen molar-refractivity contribution < 1.29 is 18.4 Å². The molecule has 5 nitrogen and oxygen atoms in total. The summed E-state index contributed by atoms with van der Waals surface area (Å²) in [7, 11) is 1.51. The van der Waals surface area contributed by atoms with Gasteiger partial charge < -0.3 is 14.6 Å². The molecule has 0 aliphatic heterocycles. The Morgan fingerprint density at radius 1 is 1.27 bits per heavy atom. The molecule has 3 rings (SSSR count). The highest BCUT2D eigenvalue weighted by Crippen LogP contribution is 2.34. The summed E-state index contributed by atoms with van der Waals surface area (Å²) in [6, 6.07) is 9.64. The number of halogens is 2. The highest BCUT2D eigenvalue weighted by molar-refractivity contribution is 6.33. The van der Waals surface area contributed by atoms with Crippen molar-refractivity contribution in [1.29, 1.82) is 0 Å². The Hall–Kier alpha value is -2.86. The van der Waals surface area contributed by atoms with Crippen molar-refractivity contribution in [1.82, 2.24) is 5.16 Å². The second-order valence-electron chi connectivity index (χ2n) is 5.72. The molecule has 1 heterocycles. The van der Waals surface area contributed by atoms with E-state index in [1.807, 2.05) is 13.0 Å². The van der Waals surface area contributed by atoms with Crippen LogP contribution in [-0.4, -0.2) is 18.2 Å². The second kappa shape index (κ2) is 7.17. The zero-order valence-corrected chi connectivity index (χ0v) is 15.1. The molecule has 0 unspecified atom stereocenters. The molecule has 1 aromatic heterocycles. The minimum absolute atomic E-state index is 0.0207. The number of amides is 1. The molecule has 0 aliphatic rings. The van der Waals surface area contributed by atoms with Crippen molar-refractivity contribution in [3.63, 3.8) is 0 Å². The number of nitrogens with zero attached hydrogens (tertiary/aromatic N) is 1. The Bertz CT molecular complexity index is 965. The topological polar surface area (TPSA) is 64.4 Å². The van der Waals surface area contributed by atoms with Gasteiger partial charge in [0.2, 0.25) is 0 Å². The number of aromatic nitrogens is 1. The van der Waals surface area contributed by atoms with Gasteiger partial charge in [-0.3, -0.25) is 4.79 Å². The molecule has 0 aliphatic carbocycles. The summed E-state index contributed by atoms with van der Waals surface area (Å²) in [5.74, 6) is -0.332. The largest absolute Gasteiger partial charge is 0.495 e. The Balaban J connectivity index is 2.05. The van der Waals surface area contributed by atoms with Gasteiger partial charge in [0, 0.05) is 0 Å². The molecular weight excluding hydrogens is 359 g/mol. The van der Waals surface area contributed by atoms with Crippen LogP contribution >= 0.6 is 11.6 Å². The number of rotatable bonds is 4. The van der Waals surface area contributed by atoms with Crippen LogP contribution in [0.1, 0.15) is 21.7 Å². The van der Waals surface area contributed by atoms with Crippen molar-refractivity contribution in [2.75, 3.05) is 12.4 Å². The smallest absolute Gasteiger partial charge is 0.261 e. The third-order valence-electron chi connectivity index (χ3n) is 3.89. The van der Waals surface area contributed by atoms with Crippen molar-refractivity contribution in [2.45, 2.75) is 13.8 Å². The van der Waals surface area contributed by atoms with Crippen LogP contribution in [0.3, 0.4) is 0 Å². The number of ether oxygens (including phenoxy) is 1. The van der Waals surface area contributed by atoms with E-state index in [4.69, 9.17) is 20.9 Å². The van der Waals surface area contributed by atoms with Crippen LogP contribution in [0.4, 0.5) is 10.1 Å². The normalized spacial score (nSPS) is 10.7. The van der Waals surface area contributed by atoms with Crippen LogP contribution in [0.15, 0.2) is 40.9 Å². The van der Waals surface area contributed by atoms with Gasteiger partial charge in [0.1, 0.15) is 28.6 Å². The molecule has 2 aromatic carbocycles. The first-order valence-corrected chi connectivity index (χ1v) is 8.16. The number of aryl methyl sites for hydroxylation is 2. The van der Waals surface area contributed by atoms with Crippen LogP contribution in [0.5, 0.6) is 5.75 Å². The third kappa shape index (κ3) is 3.28. The molecule has 134 valence electrons. The fourth-order valence-electron chi connectivity index (χ4n) is 2.64. The van der Waals surface area contributed by atoms with Gasteiger partial charge in [-0.2, -0.15) is 0 Å². The number of benzene rings is 2. The first-order valence-electron chi connectivity index (χ1n) is 7.79. The molecule has 0 radical (unpaired) electrons. The minimum Gasteiger partial charge on any atom is -0.495 e. The highest BCUT2D eigenvalue weighted by atomic mass is 35.5. The number of carbonyl (C=O) groups is 1. The van der Waals surface area contributed by atoms with E-state index in [1.165, 1.54) is 25.3 Å². The molecule has 1 amide bonds. The van der Waals surface area contributed by atoms with Crippen molar-refractivity contribution in [3.05, 3.63) is 64.1 Å². The number of anilines is 1. The SMILES string of the molecule is COc1ccc(C)cc1NC(=O)c1c(-c2c(F)cccc2Cl)noc1C. The Kier molecular flexibility index (Phi) is 4.95. The number of methoxy groups -OCH3 is 1. The van der Waals surface area contributed by atoms with Gasteiger partial charge in [-0.05, 0) is 43.7 Å². The van der Waals surface area contributed by atoms with Crippen LogP contribution in [0, 0.1) is 19.7 Å². The fourth-order valence-corrected chi connectivity index (χ4v) is 2.89. The monoisotopic (exact) mass is 374 g/mol. The van der Waals surface area contributed by atoms with E-state index in [0.29, 0.717) is 11.4 Å². The van der Waals surface area contributed by atoms with E-state index < -0.39 is 11.7 Å². The quantitative estimate of drug-likeness (QED) is 0.697. The molecule has 3 aromatic rings. The van der Waals surface area contributed by atoms with E-state index in [2.05, 4.69) is 10.5 Å². The Labute approximate surface area is 154 Å². The molecule has 1 N–H and O–H groups in total. The zero-order valence-electron chi connectivity index (χ0n) is 14.4. The fraction of sp³-hybridized carbons (Fsp3) is 0.158. The van der Waals surface area contributed by atoms with Crippen LogP contribution in [0.25, 0.3) is 11.3 Å². The summed E-state index contributed by atoms with van der Waals surface area (Å²) >= 11 is 6.11. The van der Waals surface area contributed by atoms with Gasteiger partial charge in [0.25, 0.3) is 5.91 Å². The van der Waals surface area contributed by atoms with Gasteiger partial charge in [0.05, 0.1) is 23.4 Å². The maximum Gasteiger partial charge on any atom is 0.261 e. The molecule has 0 saturated carbocycles. The molecule has 0 saturated heterocycles. The maximum atomic E-state index is 14.3. The van der Waals surface area contributed by atoms with Crippen LogP contribution in [0.2, 0.25) is 5.02 Å². The molecule has 7 heteroatoms. The average molecular weight is 375 g/mol. The third-order valence-corrected chi connectivity index (χ3v) is 4.21. The summed E-state index contributed by atoms with van der Waals surface area (Å²) < 4.78 is 24.7. The number of nitrogens with one attached hydrogen (secondary N) is 1. The summed E-state index contributed by atoms with van der Waals surface area (Å²) in [5.41, 5.74) is 1.62. The minimum atomic E-state index is -0.590. The first-order chi connectivity index (χ1) is 12.4. The lowest BCUT2D eigenvalue weighted by Gasteiger charge is -2.11. The zero-order chi connectivity index (χ0) is 18.8. The Morgan fingerprint density at radius 2 is 2.04 bits per heavy atom. The van der Waals surface area contributed by atoms with E-state index in [-0.39, 0.29) is 27.6 Å². The standard InChI is InChI=1S/C19H16ClFN2O3/c1-10-7-8-15(25-3)14(9-10)22-19(24)16-11(2)26-23-18(16)17-12(20)5-4-6-13(17)21/h4-9H,1-3H3,(H,22,24). The summed E-state index contributed by atoms with van der Waals surface area (Å²) in [4.78, 5) is 12.9. The summed E-state index contributed by atoms with van der Waals surface area (Å²) in [6.07, 6.45) is 0. The first kappa shape index (κ1) is 17.9. The number of carbonyl (C=O) groups excluding carboxylic acids is 1. The molecule has 26 heavy (non-hydrogen) atoms. The van der Waals surface area contributed by atoms with Crippen LogP contribution < -0.4 is 10.1 Å². The van der Waals surface area contributed by atoms with Gasteiger partial charge in [-0.1, -0.05) is 28.9 Å². The Morgan fingerprint density at radius 3 is 2.73 bits per heavy atom. The maximum absolute atomic E-state index is 14.3. The van der Waals surface area contributed by atoms with Crippen LogP contribution in [-0.2, 0) is 0 Å². The van der Waals surface area contributed by atoms with E-state index in [1.54, 1.807) is 19.1 Å². The summed E-state index contributed by atoms with van der Waals surface area (Å²) in [6.45, 7) is 3.47. The molecular formula is C19H16ClFN2O3. The van der Waals surface area contributed by atoms with Crippen molar-refractivity contribution in [3.8, 4) is 17.0 Å². The van der Waals surface area contributed by atoms with Crippen molar-refractivity contribution in [2.24, 2.45) is 0 Å². The van der Waals surface area contributed by atoms with Gasteiger partial charge in [-0.15, -0.1) is 0 Å². The van der Waals surface area contributed by atoms with Gasteiger partial charge in [0.15, 0.2) is 0 Å². The van der Waals surface area contributed by atoms with E-state index in [0.717, 1.165) is 5.56 Å². The van der Waals surface area contributed by atoms with Crippen molar-refractivity contribution >= 4 is 23.2 Å². The molecule has 0 fully saturated rings. The van der Waals surface area contributed by atoms with Gasteiger partial charge in [-0.25, -0.2) is 4.39 Å². The molecule has 0 spiro atoms. The van der Waals surface area contributed by atoms with E-state index in [9.17, 15) is 9.18 Å². The lowest BCUT2D eigenvalue weighted by molar-refractivity contribution is 0.102. The van der Waals surface area contributed by atoms with E-state index >= 15 is 0 Å². The predicted molar refractivity (Wildman–Crippen MR) is 97.3 cm³/mol. The predicted octanol–water partition coefficient (Wildman–Crippen LogP) is 5.01. The number of hydrogen-bond donors (Lipinski definition) is 1. The lowest BCUT2D eigenvalue weighted by Crippen LogP contribution is -2.14. The van der Waals surface area contributed by atoms with Gasteiger partial charge >= 0.3 is 0 Å². The lowest BCUT2D eigenvalue weighted by atomic mass is 10.0. The summed E-state index contributed by atoms with van der Waals surface area (Å²) in [5, 5.41) is 6.74.